The summed E-state index contributed by atoms with van der Waals surface area (Å²) in [5.74, 6) is -0.158. The van der Waals surface area contributed by atoms with Crippen molar-refractivity contribution in [3.05, 3.63) is 91.0 Å². The molecule has 0 atom stereocenters. The molecule has 2 nitrogen and oxygen atoms in total. The number of benzene rings is 3. The molecule has 0 spiro atoms. The van der Waals surface area contributed by atoms with Crippen molar-refractivity contribution in [1.82, 2.24) is 0 Å². The molecule has 0 N–H and O–H groups in total. The van der Waals surface area contributed by atoms with Crippen molar-refractivity contribution < 1.29 is 9.53 Å². The lowest BCUT2D eigenvalue weighted by Gasteiger charge is -2.04. The third-order valence-electron chi connectivity index (χ3n) is 3.90. The van der Waals surface area contributed by atoms with Gasteiger partial charge in [-0.1, -0.05) is 113 Å². The van der Waals surface area contributed by atoms with E-state index < -0.39 is 0 Å². The van der Waals surface area contributed by atoms with Crippen LogP contribution >= 0.6 is 8.20 Å². The number of carbonyl (C=O) groups excluding carboxylic acids is 1. The molecule has 0 amide bonds. The van der Waals surface area contributed by atoms with Crippen molar-refractivity contribution in [3.8, 4) is 11.1 Å². The van der Waals surface area contributed by atoms with Crippen LogP contribution in [-0.4, -0.2) is 17.9 Å². The Morgan fingerprint density at radius 3 is 1.64 bits per heavy atom. The fourth-order valence-electron chi connectivity index (χ4n) is 2.57. The van der Waals surface area contributed by atoms with Crippen molar-refractivity contribution in [2.45, 2.75) is 26.7 Å². The predicted molar refractivity (Wildman–Crippen MR) is 121 cm³/mol. The Labute approximate surface area is 170 Å². The smallest absolute Gasteiger partial charge is 0.338 e. The minimum absolute atomic E-state index is 0.158. The molecular formula is C25H27O2P. The Kier molecular flexibility index (Phi) is 9.75. The highest BCUT2D eigenvalue weighted by atomic mass is 31.1. The van der Waals surface area contributed by atoms with Crippen LogP contribution in [0.1, 0.15) is 26.7 Å². The lowest BCUT2D eigenvalue weighted by atomic mass is 10.1. The summed E-state index contributed by atoms with van der Waals surface area (Å²) < 4.78 is 5.05. The van der Waals surface area contributed by atoms with Gasteiger partial charge in [0.15, 0.2) is 0 Å². The number of ether oxygens (including phenoxy) is 1. The van der Waals surface area contributed by atoms with Crippen LogP contribution in [0, 0.1) is 0 Å². The van der Waals surface area contributed by atoms with E-state index in [-0.39, 0.29) is 5.97 Å². The van der Waals surface area contributed by atoms with Gasteiger partial charge in [0.1, 0.15) is 0 Å². The third kappa shape index (κ3) is 7.50. The van der Waals surface area contributed by atoms with Crippen LogP contribution in [0.25, 0.3) is 11.1 Å². The van der Waals surface area contributed by atoms with Gasteiger partial charge in [0.05, 0.1) is 11.9 Å². The Morgan fingerprint density at radius 1 is 0.750 bits per heavy atom. The Balaban J connectivity index is 0.000000207. The first-order valence-corrected chi connectivity index (χ1v) is 10.5. The van der Waals surface area contributed by atoms with E-state index in [1.165, 1.54) is 11.1 Å². The molecule has 3 rings (SSSR count). The number of hydrogen-bond donors (Lipinski definition) is 0. The van der Waals surface area contributed by atoms with Gasteiger partial charge >= 0.3 is 5.97 Å². The summed E-state index contributed by atoms with van der Waals surface area (Å²) in [7, 11) is 0.969. The molecule has 0 aliphatic carbocycles. The maximum Gasteiger partial charge on any atom is 0.338 e. The summed E-state index contributed by atoms with van der Waals surface area (Å²) in [6, 6.07) is 30.8. The molecule has 0 aliphatic rings. The summed E-state index contributed by atoms with van der Waals surface area (Å²) >= 11 is 0. The second-order valence-corrected chi connectivity index (χ2v) is 7.38. The SMILES string of the molecule is CCCC(=Pc1ccccc1)C(=O)OCC.c1ccc(-c2ccccc2)cc1. The summed E-state index contributed by atoms with van der Waals surface area (Å²) in [5.41, 5.74) is 2.55. The summed E-state index contributed by atoms with van der Waals surface area (Å²) in [5, 5.41) is 1.98. The first kappa shape index (κ1) is 21.6. The molecule has 0 saturated carbocycles. The van der Waals surface area contributed by atoms with Gasteiger partial charge in [-0.05, 0) is 24.5 Å². The van der Waals surface area contributed by atoms with Gasteiger partial charge in [0.2, 0.25) is 0 Å². The zero-order chi connectivity index (χ0) is 20.0. The molecule has 0 fully saturated rings. The Hall–Kier alpha value is -2.70. The third-order valence-corrected chi connectivity index (χ3v) is 5.13. The van der Waals surface area contributed by atoms with Crippen molar-refractivity contribution in [2.24, 2.45) is 0 Å². The van der Waals surface area contributed by atoms with E-state index in [4.69, 9.17) is 4.74 Å². The second-order valence-electron chi connectivity index (χ2n) is 6.10. The molecule has 144 valence electrons. The van der Waals surface area contributed by atoms with Crippen molar-refractivity contribution in [1.29, 1.82) is 0 Å². The summed E-state index contributed by atoms with van der Waals surface area (Å²) in [6.45, 7) is 4.34. The normalized spacial score (nSPS) is 10.6. The highest BCUT2D eigenvalue weighted by Crippen LogP contribution is 2.17. The highest BCUT2D eigenvalue weighted by molar-refractivity contribution is 7.51. The zero-order valence-electron chi connectivity index (χ0n) is 16.5. The monoisotopic (exact) mass is 390 g/mol. The topological polar surface area (TPSA) is 26.3 Å². The second kappa shape index (κ2) is 12.6. The molecule has 0 radical (unpaired) electrons. The molecule has 3 aromatic carbocycles. The molecule has 0 saturated heterocycles. The van der Waals surface area contributed by atoms with Crippen LogP contribution in [0.15, 0.2) is 91.0 Å². The van der Waals surface area contributed by atoms with E-state index >= 15 is 0 Å². The minimum Gasteiger partial charge on any atom is -0.462 e. The van der Waals surface area contributed by atoms with Gasteiger partial charge in [-0.3, -0.25) is 0 Å². The van der Waals surface area contributed by atoms with Gasteiger partial charge in [0.25, 0.3) is 0 Å². The average molecular weight is 390 g/mol. The minimum atomic E-state index is -0.158. The van der Waals surface area contributed by atoms with Crippen molar-refractivity contribution in [2.75, 3.05) is 6.61 Å². The molecule has 3 aromatic rings. The Morgan fingerprint density at radius 2 is 1.21 bits per heavy atom. The van der Waals surface area contributed by atoms with E-state index in [2.05, 4.69) is 55.5 Å². The molecule has 3 heteroatoms. The quantitative estimate of drug-likeness (QED) is 0.373. The van der Waals surface area contributed by atoms with Gasteiger partial charge in [-0.2, -0.15) is 0 Å². The van der Waals surface area contributed by atoms with E-state index in [9.17, 15) is 4.79 Å². The Bertz CT molecular complexity index is 806. The predicted octanol–water partition coefficient (Wildman–Crippen LogP) is 6.15. The summed E-state index contributed by atoms with van der Waals surface area (Å²) in [6.07, 6.45) is 1.77. The fourth-order valence-corrected chi connectivity index (χ4v) is 3.70. The van der Waals surface area contributed by atoms with Crippen LogP contribution in [0.2, 0.25) is 0 Å². The number of rotatable bonds is 6. The van der Waals surface area contributed by atoms with Crippen LogP contribution < -0.4 is 5.30 Å². The molecule has 0 aromatic heterocycles. The molecule has 28 heavy (non-hydrogen) atoms. The maximum absolute atomic E-state index is 11.7. The van der Waals surface area contributed by atoms with E-state index in [1.807, 2.05) is 49.4 Å². The molecule has 0 unspecified atom stereocenters. The maximum atomic E-state index is 11.7. The van der Waals surface area contributed by atoms with Crippen LogP contribution in [-0.2, 0) is 9.53 Å². The van der Waals surface area contributed by atoms with Gasteiger partial charge in [-0.25, -0.2) is 4.79 Å². The highest BCUT2D eigenvalue weighted by Gasteiger charge is 2.09. The number of esters is 1. The number of carbonyl (C=O) groups is 1. The van der Waals surface area contributed by atoms with Crippen LogP contribution in [0.3, 0.4) is 0 Å². The van der Waals surface area contributed by atoms with E-state index in [1.54, 1.807) is 0 Å². The zero-order valence-corrected chi connectivity index (χ0v) is 17.4. The first-order valence-electron chi connectivity index (χ1n) is 9.64. The number of hydrogen-bond acceptors (Lipinski definition) is 2. The molecule has 0 aliphatic heterocycles. The van der Waals surface area contributed by atoms with Crippen LogP contribution in [0.4, 0.5) is 0 Å². The fraction of sp³-hybridized carbons (Fsp3) is 0.200. The van der Waals surface area contributed by atoms with E-state index in [0.717, 1.165) is 31.6 Å². The van der Waals surface area contributed by atoms with Crippen LogP contribution in [0.5, 0.6) is 0 Å². The average Bonchev–Trinajstić information content (AvgIpc) is 2.76. The van der Waals surface area contributed by atoms with Gasteiger partial charge in [0, 0.05) is 5.30 Å². The molecule has 0 bridgehead atoms. The van der Waals surface area contributed by atoms with Gasteiger partial charge < -0.3 is 4.74 Å². The molecular weight excluding hydrogens is 363 g/mol. The van der Waals surface area contributed by atoms with Gasteiger partial charge in [-0.15, -0.1) is 0 Å². The largest absolute Gasteiger partial charge is 0.462 e. The van der Waals surface area contributed by atoms with Crippen molar-refractivity contribution >= 4 is 24.8 Å². The lowest BCUT2D eigenvalue weighted by molar-refractivity contribution is -0.134. The van der Waals surface area contributed by atoms with E-state index in [0.29, 0.717) is 6.61 Å². The lowest BCUT2D eigenvalue weighted by Crippen LogP contribution is -2.16. The summed E-state index contributed by atoms with van der Waals surface area (Å²) in [4.78, 5) is 11.7. The molecule has 0 heterocycles. The first-order chi connectivity index (χ1) is 13.7. The van der Waals surface area contributed by atoms with Crippen molar-refractivity contribution in [3.63, 3.8) is 0 Å². The standard InChI is InChI=1S/C13H17O2P.C12H10/c1-3-8-12(13(14)15-4-2)16-11-9-6-5-7-10-11;1-3-7-11(8-4-1)12-9-5-2-6-10-12/h5-7,9-10H,3-4,8H2,1-2H3;1-10H.